The average Bonchev–Trinajstić information content (AvgIpc) is 2.74. The summed E-state index contributed by atoms with van der Waals surface area (Å²) in [7, 11) is 1.70. The van der Waals surface area contributed by atoms with Crippen LogP contribution in [0.25, 0.3) is 0 Å². The molecule has 0 aliphatic rings. The van der Waals surface area contributed by atoms with Crippen LogP contribution in [-0.4, -0.2) is 20.6 Å². The van der Waals surface area contributed by atoms with E-state index in [2.05, 4.69) is 10.4 Å². The van der Waals surface area contributed by atoms with E-state index in [1.54, 1.807) is 19.3 Å². The molecule has 0 spiro atoms. The zero-order chi connectivity index (χ0) is 14.0. The Labute approximate surface area is 112 Å². The second-order valence-corrected chi connectivity index (χ2v) is 4.16. The van der Waals surface area contributed by atoms with Crippen molar-refractivity contribution >= 4 is 29.0 Å². The molecular formula is C11H9ClN4O3. The number of amides is 1. The lowest BCUT2D eigenvalue weighted by atomic mass is 10.2. The molecule has 0 fully saturated rings. The molecule has 7 nitrogen and oxygen atoms in total. The quantitative estimate of drug-likeness (QED) is 0.689. The maximum absolute atomic E-state index is 12.0. The zero-order valence-electron chi connectivity index (χ0n) is 9.83. The van der Waals surface area contributed by atoms with Crippen molar-refractivity contribution < 1.29 is 9.72 Å². The Kier molecular flexibility index (Phi) is 3.48. The van der Waals surface area contributed by atoms with Gasteiger partial charge in [0.15, 0.2) is 5.82 Å². The fourth-order valence-corrected chi connectivity index (χ4v) is 1.67. The number of anilines is 1. The number of aromatic nitrogens is 2. The summed E-state index contributed by atoms with van der Waals surface area (Å²) in [4.78, 5) is 22.0. The van der Waals surface area contributed by atoms with Gasteiger partial charge in [0.25, 0.3) is 11.6 Å². The second-order valence-electron chi connectivity index (χ2n) is 3.75. The summed E-state index contributed by atoms with van der Waals surface area (Å²) < 4.78 is 1.52. The summed E-state index contributed by atoms with van der Waals surface area (Å²) in [6.07, 6.45) is 1.66. The van der Waals surface area contributed by atoms with Crippen molar-refractivity contribution in [2.75, 3.05) is 5.32 Å². The first-order chi connectivity index (χ1) is 8.97. The van der Waals surface area contributed by atoms with Crippen LogP contribution in [-0.2, 0) is 7.05 Å². The summed E-state index contributed by atoms with van der Waals surface area (Å²) in [6, 6.07) is 5.27. The molecule has 2 aromatic rings. The van der Waals surface area contributed by atoms with Crippen molar-refractivity contribution in [2.45, 2.75) is 0 Å². The van der Waals surface area contributed by atoms with Gasteiger partial charge in [-0.25, -0.2) is 0 Å². The lowest BCUT2D eigenvalue weighted by Gasteiger charge is -2.04. The van der Waals surface area contributed by atoms with Gasteiger partial charge in [-0.1, -0.05) is 11.6 Å². The molecule has 19 heavy (non-hydrogen) atoms. The van der Waals surface area contributed by atoms with Gasteiger partial charge in [-0.3, -0.25) is 19.6 Å². The predicted molar refractivity (Wildman–Crippen MR) is 69.3 cm³/mol. The van der Waals surface area contributed by atoms with E-state index in [0.29, 0.717) is 5.82 Å². The van der Waals surface area contributed by atoms with E-state index in [4.69, 9.17) is 11.6 Å². The Morgan fingerprint density at radius 2 is 2.21 bits per heavy atom. The molecule has 0 bridgehead atoms. The summed E-state index contributed by atoms with van der Waals surface area (Å²) in [6.45, 7) is 0. The molecule has 8 heteroatoms. The second kappa shape index (κ2) is 5.07. The van der Waals surface area contributed by atoms with Gasteiger partial charge in [0, 0.05) is 31.4 Å². The highest BCUT2D eigenvalue weighted by Crippen LogP contribution is 2.22. The van der Waals surface area contributed by atoms with Gasteiger partial charge in [0.1, 0.15) is 0 Å². The summed E-state index contributed by atoms with van der Waals surface area (Å²) >= 11 is 5.86. The molecule has 0 aliphatic carbocycles. The fraction of sp³-hybridized carbons (Fsp3) is 0.0909. The molecule has 0 radical (unpaired) electrons. The molecule has 0 saturated heterocycles. The van der Waals surface area contributed by atoms with Crippen molar-refractivity contribution in [1.29, 1.82) is 0 Å². The molecule has 1 aromatic heterocycles. The Morgan fingerprint density at radius 1 is 1.47 bits per heavy atom. The molecule has 1 amide bonds. The van der Waals surface area contributed by atoms with E-state index in [1.165, 1.54) is 16.8 Å². The van der Waals surface area contributed by atoms with Crippen molar-refractivity contribution in [3.05, 3.63) is 51.2 Å². The smallest absolute Gasteiger partial charge is 0.270 e. The van der Waals surface area contributed by atoms with Crippen LogP contribution in [0.5, 0.6) is 0 Å². The van der Waals surface area contributed by atoms with Gasteiger partial charge in [0.2, 0.25) is 0 Å². The predicted octanol–water partition coefficient (Wildman–Crippen LogP) is 2.23. The first-order valence-electron chi connectivity index (χ1n) is 5.22. The number of aryl methyl sites for hydroxylation is 1. The number of non-ortho nitro benzene ring substituents is 1. The summed E-state index contributed by atoms with van der Waals surface area (Å²) in [5.74, 6) is -0.206. The molecule has 2 rings (SSSR count). The van der Waals surface area contributed by atoms with Crippen molar-refractivity contribution in [1.82, 2.24) is 9.78 Å². The van der Waals surface area contributed by atoms with Gasteiger partial charge >= 0.3 is 0 Å². The SMILES string of the molecule is Cn1ccc(NC(=O)c2cc([N+](=O)[O-])ccc2Cl)n1. The molecule has 0 atom stereocenters. The number of benzene rings is 1. The maximum atomic E-state index is 12.0. The first-order valence-corrected chi connectivity index (χ1v) is 5.60. The number of halogens is 1. The van der Waals surface area contributed by atoms with Crippen LogP contribution in [0.3, 0.4) is 0 Å². The standard InChI is InChI=1S/C11H9ClN4O3/c1-15-5-4-10(14-15)13-11(17)8-6-7(16(18)19)2-3-9(8)12/h2-6H,1H3,(H,13,14,17). The van der Waals surface area contributed by atoms with Gasteiger partial charge in [-0.05, 0) is 6.07 Å². The van der Waals surface area contributed by atoms with Crippen LogP contribution in [0.1, 0.15) is 10.4 Å². The normalized spacial score (nSPS) is 10.2. The molecule has 0 saturated carbocycles. The fourth-order valence-electron chi connectivity index (χ4n) is 1.47. The number of carbonyl (C=O) groups is 1. The number of hydrogen-bond donors (Lipinski definition) is 1. The van der Waals surface area contributed by atoms with Crippen LogP contribution in [0.2, 0.25) is 5.02 Å². The van der Waals surface area contributed by atoms with Gasteiger partial charge in [-0.15, -0.1) is 0 Å². The number of nitrogens with zero attached hydrogens (tertiary/aromatic N) is 3. The number of nitro groups is 1. The van der Waals surface area contributed by atoms with Crippen molar-refractivity contribution in [3.63, 3.8) is 0 Å². The van der Waals surface area contributed by atoms with Crippen LogP contribution in [0.15, 0.2) is 30.5 Å². The van der Waals surface area contributed by atoms with Crippen LogP contribution in [0, 0.1) is 10.1 Å². The van der Waals surface area contributed by atoms with E-state index in [1.807, 2.05) is 0 Å². The van der Waals surface area contributed by atoms with Gasteiger partial charge < -0.3 is 5.32 Å². The summed E-state index contributed by atoms with van der Waals surface area (Å²) in [5.41, 5.74) is -0.169. The molecule has 1 aromatic carbocycles. The Bertz CT molecular complexity index is 653. The number of nitro benzene ring substituents is 1. The Balaban J connectivity index is 2.27. The third kappa shape index (κ3) is 2.89. The molecular weight excluding hydrogens is 272 g/mol. The topological polar surface area (TPSA) is 90.1 Å². The maximum Gasteiger partial charge on any atom is 0.270 e. The monoisotopic (exact) mass is 280 g/mol. The highest BCUT2D eigenvalue weighted by molar-refractivity contribution is 6.34. The lowest BCUT2D eigenvalue weighted by Crippen LogP contribution is -2.13. The lowest BCUT2D eigenvalue weighted by molar-refractivity contribution is -0.384. The Hall–Kier alpha value is -2.41. The van der Waals surface area contributed by atoms with Crippen molar-refractivity contribution in [3.8, 4) is 0 Å². The largest absolute Gasteiger partial charge is 0.305 e. The number of carbonyl (C=O) groups excluding carboxylic acids is 1. The average molecular weight is 281 g/mol. The minimum Gasteiger partial charge on any atom is -0.305 e. The highest BCUT2D eigenvalue weighted by Gasteiger charge is 2.16. The number of rotatable bonds is 3. The minimum absolute atomic E-state index is 0.0292. The number of nitrogens with one attached hydrogen (secondary N) is 1. The van der Waals surface area contributed by atoms with Crippen LogP contribution >= 0.6 is 11.6 Å². The molecule has 0 unspecified atom stereocenters. The molecule has 1 N–H and O–H groups in total. The van der Waals surface area contributed by atoms with E-state index in [0.717, 1.165) is 6.07 Å². The van der Waals surface area contributed by atoms with E-state index in [9.17, 15) is 14.9 Å². The zero-order valence-corrected chi connectivity index (χ0v) is 10.6. The first kappa shape index (κ1) is 13.0. The van der Waals surface area contributed by atoms with Gasteiger partial charge in [-0.2, -0.15) is 5.10 Å². The van der Waals surface area contributed by atoms with E-state index >= 15 is 0 Å². The van der Waals surface area contributed by atoms with Gasteiger partial charge in [0.05, 0.1) is 15.5 Å². The van der Waals surface area contributed by atoms with E-state index in [-0.39, 0.29) is 16.3 Å². The van der Waals surface area contributed by atoms with E-state index < -0.39 is 10.8 Å². The third-order valence-corrected chi connectivity index (χ3v) is 2.69. The molecule has 1 heterocycles. The van der Waals surface area contributed by atoms with Crippen LogP contribution < -0.4 is 5.32 Å². The molecule has 0 aliphatic heterocycles. The molecule has 98 valence electrons. The van der Waals surface area contributed by atoms with Crippen molar-refractivity contribution in [2.24, 2.45) is 7.05 Å². The number of hydrogen-bond acceptors (Lipinski definition) is 4. The minimum atomic E-state index is -0.589. The summed E-state index contributed by atoms with van der Waals surface area (Å²) in [5, 5.41) is 17.3. The third-order valence-electron chi connectivity index (χ3n) is 2.36. The Morgan fingerprint density at radius 3 is 2.79 bits per heavy atom. The highest BCUT2D eigenvalue weighted by atomic mass is 35.5. The van der Waals surface area contributed by atoms with Crippen LogP contribution in [0.4, 0.5) is 11.5 Å².